The van der Waals surface area contributed by atoms with Crippen molar-refractivity contribution in [1.82, 2.24) is 14.7 Å². The van der Waals surface area contributed by atoms with Gasteiger partial charge in [0.25, 0.3) is 0 Å². The van der Waals surface area contributed by atoms with Gasteiger partial charge in [0.15, 0.2) is 0 Å². The molecule has 0 fully saturated rings. The summed E-state index contributed by atoms with van der Waals surface area (Å²) in [6.45, 7) is 15.2. The van der Waals surface area contributed by atoms with E-state index in [9.17, 15) is 0 Å². The van der Waals surface area contributed by atoms with Crippen LogP contribution in [0.5, 0.6) is 0 Å². The van der Waals surface area contributed by atoms with Crippen molar-refractivity contribution in [3.63, 3.8) is 0 Å². The predicted molar refractivity (Wildman–Crippen MR) is 85.4 cm³/mol. The Bertz CT molecular complexity index is 383. The molecule has 1 heterocycles. The Morgan fingerprint density at radius 1 is 1.21 bits per heavy atom. The number of hydrogen-bond donors (Lipinski definition) is 0. The van der Waals surface area contributed by atoms with E-state index in [1.54, 1.807) is 0 Å². The van der Waals surface area contributed by atoms with Crippen LogP contribution in [-0.2, 0) is 13.1 Å². The third-order valence-corrected chi connectivity index (χ3v) is 4.98. The summed E-state index contributed by atoms with van der Waals surface area (Å²) < 4.78 is 3.30. The summed E-state index contributed by atoms with van der Waals surface area (Å²) in [5.74, 6) is 0.804. The maximum Gasteiger partial charge on any atom is 0.0739 e. The number of hydrogen-bond acceptors (Lipinski definition) is 2. The standard InChI is InChI=1S/C15H28BrN3/c1-6-13(7-2)10-18(8-3)11-14-15(16)12(5)17-19(14)9-4/h13H,6-11H2,1-5H3. The molecule has 19 heavy (non-hydrogen) atoms. The molecule has 0 aliphatic rings. The van der Waals surface area contributed by atoms with Gasteiger partial charge in [-0.05, 0) is 42.2 Å². The normalized spacial score (nSPS) is 11.8. The van der Waals surface area contributed by atoms with Crippen LogP contribution in [0.15, 0.2) is 4.47 Å². The molecule has 0 aromatic carbocycles. The molecule has 0 amide bonds. The molecule has 0 saturated heterocycles. The van der Waals surface area contributed by atoms with Crippen LogP contribution in [0.1, 0.15) is 51.9 Å². The SMILES string of the molecule is CCC(CC)CN(CC)Cc1c(Br)c(C)nn1CC. The summed E-state index contributed by atoms with van der Waals surface area (Å²) in [5, 5.41) is 4.58. The van der Waals surface area contributed by atoms with Gasteiger partial charge in [-0.1, -0.05) is 33.6 Å². The van der Waals surface area contributed by atoms with E-state index in [4.69, 9.17) is 0 Å². The largest absolute Gasteiger partial charge is 0.297 e. The van der Waals surface area contributed by atoms with E-state index in [2.05, 4.69) is 65.2 Å². The maximum atomic E-state index is 4.58. The average Bonchev–Trinajstić information content (AvgIpc) is 2.70. The van der Waals surface area contributed by atoms with E-state index in [1.807, 2.05) is 0 Å². The minimum Gasteiger partial charge on any atom is -0.297 e. The smallest absolute Gasteiger partial charge is 0.0739 e. The molecule has 0 radical (unpaired) electrons. The summed E-state index contributed by atoms with van der Waals surface area (Å²) in [7, 11) is 0. The van der Waals surface area contributed by atoms with Crippen LogP contribution >= 0.6 is 15.9 Å². The number of aromatic nitrogens is 2. The molecule has 0 atom stereocenters. The summed E-state index contributed by atoms with van der Waals surface area (Å²) >= 11 is 3.69. The molecule has 4 heteroatoms. The van der Waals surface area contributed by atoms with Crippen molar-refractivity contribution in [1.29, 1.82) is 0 Å². The van der Waals surface area contributed by atoms with Gasteiger partial charge in [0.2, 0.25) is 0 Å². The second-order valence-corrected chi connectivity index (χ2v) is 5.97. The Labute approximate surface area is 126 Å². The fraction of sp³-hybridized carbons (Fsp3) is 0.800. The monoisotopic (exact) mass is 329 g/mol. The molecule has 1 rings (SSSR count). The van der Waals surface area contributed by atoms with Gasteiger partial charge in [-0.15, -0.1) is 0 Å². The van der Waals surface area contributed by atoms with Crippen molar-refractivity contribution < 1.29 is 0 Å². The van der Waals surface area contributed by atoms with E-state index < -0.39 is 0 Å². The molecule has 0 unspecified atom stereocenters. The summed E-state index contributed by atoms with van der Waals surface area (Å²) in [6, 6.07) is 0. The summed E-state index contributed by atoms with van der Waals surface area (Å²) in [5.41, 5.74) is 2.41. The second kappa shape index (κ2) is 8.05. The Balaban J connectivity index is 2.80. The lowest BCUT2D eigenvalue weighted by molar-refractivity contribution is 0.220. The van der Waals surface area contributed by atoms with Crippen LogP contribution in [0.25, 0.3) is 0 Å². The predicted octanol–water partition coefficient (Wildman–Crippen LogP) is 4.23. The molecule has 0 saturated carbocycles. The number of aryl methyl sites for hydroxylation is 2. The summed E-state index contributed by atoms with van der Waals surface area (Å²) in [4.78, 5) is 2.53. The maximum absolute atomic E-state index is 4.58. The van der Waals surface area contributed by atoms with E-state index >= 15 is 0 Å². The van der Waals surface area contributed by atoms with Crippen LogP contribution in [-0.4, -0.2) is 27.8 Å². The zero-order valence-electron chi connectivity index (χ0n) is 13.0. The van der Waals surface area contributed by atoms with Gasteiger partial charge in [-0.3, -0.25) is 9.58 Å². The third-order valence-electron chi connectivity index (χ3n) is 3.94. The van der Waals surface area contributed by atoms with E-state index in [0.29, 0.717) is 0 Å². The minimum atomic E-state index is 0.804. The number of nitrogens with zero attached hydrogens (tertiary/aromatic N) is 3. The van der Waals surface area contributed by atoms with Crippen molar-refractivity contribution in [2.24, 2.45) is 5.92 Å². The fourth-order valence-corrected chi connectivity index (χ4v) is 2.86. The van der Waals surface area contributed by atoms with E-state index in [-0.39, 0.29) is 0 Å². The third kappa shape index (κ3) is 4.32. The first-order valence-electron chi connectivity index (χ1n) is 7.51. The second-order valence-electron chi connectivity index (χ2n) is 5.17. The van der Waals surface area contributed by atoms with Gasteiger partial charge in [0.05, 0.1) is 15.9 Å². The first-order chi connectivity index (χ1) is 9.07. The minimum absolute atomic E-state index is 0.804. The Hall–Kier alpha value is -0.350. The quantitative estimate of drug-likeness (QED) is 0.711. The molecule has 0 aliphatic carbocycles. The molecule has 0 aliphatic heterocycles. The number of rotatable bonds is 8. The fourth-order valence-electron chi connectivity index (χ4n) is 2.45. The molecule has 1 aromatic heterocycles. The Kier molecular flexibility index (Phi) is 7.08. The summed E-state index contributed by atoms with van der Waals surface area (Å²) in [6.07, 6.45) is 2.53. The van der Waals surface area contributed by atoms with Crippen molar-refractivity contribution in [2.75, 3.05) is 13.1 Å². The molecule has 0 N–H and O–H groups in total. The lowest BCUT2D eigenvalue weighted by Crippen LogP contribution is -2.30. The van der Waals surface area contributed by atoms with Gasteiger partial charge >= 0.3 is 0 Å². The zero-order chi connectivity index (χ0) is 14.4. The van der Waals surface area contributed by atoms with Gasteiger partial charge in [-0.25, -0.2) is 0 Å². The highest BCUT2D eigenvalue weighted by atomic mass is 79.9. The highest BCUT2D eigenvalue weighted by molar-refractivity contribution is 9.10. The molecular formula is C15H28BrN3. The average molecular weight is 330 g/mol. The van der Waals surface area contributed by atoms with Crippen LogP contribution in [0, 0.1) is 12.8 Å². The van der Waals surface area contributed by atoms with Crippen LogP contribution in [0.4, 0.5) is 0 Å². The molecular weight excluding hydrogens is 302 g/mol. The Morgan fingerprint density at radius 3 is 2.32 bits per heavy atom. The molecule has 0 spiro atoms. The molecule has 1 aromatic rings. The van der Waals surface area contributed by atoms with Crippen LogP contribution < -0.4 is 0 Å². The lowest BCUT2D eigenvalue weighted by Gasteiger charge is -2.25. The van der Waals surface area contributed by atoms with Crippen molar-refractivity contribution in [3.8, 4) is 0 Å². The van der Waals surface area contributed by atoms with Crippen molar-refractivity contribution in [2.45, 2.75) is 60.5 Å². The van der Waals surface area contributed by atoms with E-state index in [0.717, 1.165) is 31.2 Å². The molecule has 0 bridgehead atoms. The van der Waals surface area contributed by atoms with E-state index in [1.165, 1.54) is 29.6 Å². The first-order valence-corrected chi connectivity index (χ1v) is 8.30. The van der Waals surface area contributed by atoms with Crippen LogP contribution in [0.2, 0.25) is 0 Å². The Morgan fingerprint density at radius 2 is 1.84 bits per heavy atom. The van der Waals surface area contributed by atoms with Gasteiger partial charge in [0.1, 0.15) is 0 Å². The van der Waals surface area contributed by atoms with Gasteiger partial charge in [-0.2, -0.15) is 5.10 Å². The highest BCUT2D eigenvalue weighted by Gasteiger charge is 2.16. The van der Waals surface area contributed by atoms with Gasteiger partial charge in [0, 0.05) is 19.6 Å². The highest BCUT2D eigenvalue weighted by Crippen LogP contribution is 2.23. The first kappa shape index (κ1) is 16.7. The van der Waals surface area contributed by atoms with Gasteiger partial charge < -0.3 is 0 Å². The van der Waals surface area contributed by atoms with Crippen molar-refractivity contribution in [3.05, 3.63) is 15.9 Å². The zero-order valence-corrected chi connectivity index (χ0v) is 14.6. The topological polar surface area (TPSA) is 21.1 Å². The number of halogens is 1. The molecule has 110 valence electrons. The van der Waals surface area contributed by atoms with Crippen LogP contribution in [0.3, 0.4) is 0 Å². The lowest BCUT2D eigenvalue weighted by atomic mass is 10.0. The van der Waals surface area contributed by atoms with Crippen molar-refractivity contribution >= 4 is 15.9 Å². The molecule has 3 nitrogen and oxygen atoms in total.